The molecule has 17 heavy (non-hydrogen) atoms. The Morgan fingerprint density at radius 2 is 2.06 bits per heavy atom. The summed E-state index contributed by atoms with van der Waals surface area (Å²) in [4.78, 5) is 4.06. The number of aryl methyl sites for hydroxylation is 1. The van der Waals surface area contributed by atoms with Crippen LogP contribution >= 0.6 is 0 Å². The van der Waals surface area contributed by atoms with Crippen LogP contribution in [0.3, 0.4) is 0 Å². The lowest BCUT2D eigenvalue weighted by Crippen LogP contribution is -1.90. The second kappa shape index (κ2) is 4.67. The van der Waals surface area contributed by atoms with E-state index in [1.807, 2.05) is 31.2 Å². The molecule has 0 N–H and O–H groups in total. The molecule has 0 fully saturated rings. The Morgan fingerprint density at radius 1 is 1.24 bits per heavy atom. The maximum absolute atomic E-state index is 8.87. The van der Waals surface area contributed by atoms with E-state index in [0.717, 1.165) is 22.4 Å². The van der Waals surface area contributed by atoms with Crippen LogP contribution in [0.5, 0.6) is 5.75 Å². The summed E-state index contributed by atoms with van der Waals surface area (Å²) in [5.74, 6) is 0.785. The third kappa shape index (κ3) is 2.26. The fraction of sp³-hybridized carbons (Fsp3) is 0.143. The maximum Gasteiger partial charge on any atom is 0.126 e. The van der Waals surface area contributed by atoms with Gasteiger partial charge in [0.2, 0.25) is 0 Å². The highest BCUT2D eigenvalue weighted by atomic mass is 16.5. The average molecular weight is 224 g/mol. The van der Waals surface area contributed by atoms with Crippen molar-refractivity contribution < 1.29 is 4.74 Å². The van der Waals surface area contributed by atoms with E-state index in [0.29, 0.717) is 5.56 Å². The summed E-state index contributed by atoms with van der Waals surface area (Å²) in [6.45, 7) is 2.02. The van der Waals surface area contributed by atoms with Crippen molar-refractivity contribution in [1.82, 2.24) is 4.98 Å². The number of pyridine rings is 1. The summed E-state index contributed by atoms with van der Waals surface area (Å²) in [5, 5.41) is 8.87. The molecule has 0 spiro atoms. The van der Waals surface area contributed by atoms with Gasteiger partial charge in [-0.25, -0.2) is 0 Å². The minimum Gasteiger partial charge on any atom is -0.496 e. The first-order chi connectivity index (χ1) is 8.24. The van der Waals surface area contributed by atoms with Gasteiger partial charge in [0.05, 0.1) is 12.7 Å². The van der Waals surface area contributed by atoms with Gasteiger partial charge in [-0.05, 0) is 25.1 Å². The van der Waals surface area contributed by atoms with Crippen molar-refractivity contribution in [2.75, 3.05) is 7.11 Å². The topological polar surface area (TPSA) is 45.9 Å². The van der Waals surface area contributed by atoms with Crippen molar-refractivity contribution in [2.45, 2.75) is 6.92 Å². The Labute approximate surface area is 100 Å². The van der Waals surface area contributed by atoms with E-state index in [1.54, 1.807) is 19.5 Å². The number of benzene rings is 1. The molecule has 0 amide bonds. The third-order valence-corrected chi connectivity index (χ3v) is 2.53. The molecule has 0 aliphatic carbocycles. The molecule has 0 saturated carbocycles. The zero-order valence-corrected chi connectivity index (χ0v) is 9.77. The number of nitriles is 1. The van der Waals surface area contributed by atoms with E-state index in [2.05, 4.69) is 11.1 Å². The van der Waals surface area contributed by atoms with E-state index in [1.165, 1.54) is 0 Å². The van der Waals surface area contributed by atoms with Crippen LogP contribution in [0, 0.1) is 18.3 Å². The zero-order chi connectivity index (χ0) is 12.3. The normalized spacial score (nSPS) is 9.71. The van der Waals surface area contributed by atoms with Crippen LogP contribution in [0.15, 0.2) is 36.7 Å². The molecule has 0 aliphatic rings. The van der Waals surface area contributed by atoms with Gasteiger partial charge in [-0.3, -0.25) is 4.98 Å². The highest BCUT2D eigenvalue weighted by Gasteiger charge is 2.07. The number of aromatic nitrogens is 1. The summed E-state index contributed by atoms with van der Waals surface area (Å²) in [5.41, 5.74) is 3.54. The number of hydrogen-bond donors (Lipinski definition) is 0. The molecule has 2 rings (SSSR count). The summed E-state index contributed by atoms with van der Waals surface area (Å²) < 4.78 is 5.32. The Hall–Kier alpha value is -2.34. The molecule has 2 aromatic rings. The van der Waals surface area contributed by atoms with E-state index in [9.17, 15) is 0 Å². The molecule has 0 saturated heterocycles. The van der Waals surface area contributed by atoms with Crippen LogP contribution in [0.4, 0.5) is 0 Å². The summed E-state index contributed by atoms with van der Waals surface area (Å²) in [6, 6.07) is 9.83. The highest BCUT2D eigenvalue weighted by molar-refractivity contribution is 5.71. The number of hydrogen-bond acceptors (Lipinski definition) is 3. The maximum atomic E-state index is 8.87. The van der Waals surface area contributed by atoms with E-state index in [4.69, 9.17) is 10.00 Å². The molecule has 3 heteroatoms. The van der Waals surface area contributed by atoms with Crippen LogP contribution in [-0.4, -0.2) is 12.1 Å². The standard InChI is InChI=1S/C14H12N2O/c1-10-3-4-14(17-2)13(5-10)12-6-11(7-15)8-16-9-12/h3-6,8-9H,1-2H3. The minimum atomic E-state index is 0.547. The van der Waals surface area contributed by atoms with Crippen LogP contribution in [0.2, 0.25) is 0 Å². The van der Waals surface area contributed by atoms with Gasteiger partial charge >= 0.3 is 0 Å². The third-order valence-electron chi connectivity index (χ3n) is 2.53. The van der Waals surface area contributed by atoms with Crippen molar-refractivity contribution in [3.05, 3.63) is 47.8 Å². The molecule has 1 aromatic heterocycles. The van der Waals surface area contributed by atoms with Gasteiger partial charge in [0.15, 0.2) is 0 Å². The number of rotatable bonds is 2. The lowest BCUT2D eigenvalue weighted by Gasteiger charge is -2.09. The molecular formula is C14H12N2O. The first kappa shape index (κ1) is 11.2. The van der Waals surface area contributed by atoms with E-state index < -0.39 is 0 Å². The lowest BCUT2D eigenvalue weighted by molar-refractivity contribution is 0.416. The number of nitrogens with zero attached hydrogens (tertiary/aromatic N) is 2. The lowest BCUT2D eigenvalue weighted by atomic mass is 10.0. The van der Waals surface area contributed by atoms with Crippen LogP contribution in [0.25, 0.3) is 11.1 Å². The number of ether oxygens (including phenoxy) is 1. The largest absolute Gasteiger partial charge is 0.496 e. The summed E-state index contributed by atoms with van der Waals surface area (Å²) in [6.07, 6.45) is 3.28. The average Bonchev–Trinajstić information content (AvgIpc) is 2.39. The summed E-state index contributed by atoms with van der Waals surface area (Å²) >= 11 is 0. The van der Waals surface area contributed by atoms with Gasteiger partial charge in [0.1, 0.15) is 11.8 Å². The highest BCUT2D eigenvalue weighted by Crippen LogP contribution is 2.30. The van der Waals surface area contributed by atoms with E-state index in [-0.39, 0.29) is 0 Å². The summed E-state index contributed by atoms with van der Waals surface area (Å²) in [7, 11) is 1.63. The fourth-order valence-corrected chi connectivity index (χ4v) is 1.70. The SMILES string of the molecule is COc1ccc(C)cc1-c1cncc(C#N)c1. The molecule has 0 aliphatic heterocycles. The molecular weight excluding hydrogens is 212 g/mol. The smallest absolute Gasteiger partial charge is 0.126 e. The fourth-order valence-electron chi connectivity index (χ4n) is 1.70. The molecule has 0 radical (unpaired) electrons. The Kier molecular flexibility index (Phi) is 3.06. The first-order valence-corrected chi connectivity index (χ1v) is 5.25. The van der Waals surface area contributed by atoms with Crippen LogP contribution < -0.4 is 4.74 Å². The Balaban J connectivity index is 2.59. The molecule has 84 valence electrons. The van der Waals surface area contributed by atoms with Gasteiger partial charge in [-0.15, -0.1) is 0 Å². The first-order valence-electron chi connectivity index (χ1n) is 5.25. The molecule has 1 aromatic carbocycles. The Bertz CT molecular complexity index is 585. The van der Waals surface area contributed by atoms with Crippen molar-refractivity contribution in [1.29, 1.82) is 5.26 Å². The number of methoxy groups -OCH3 is 1. The van der Waals surface area contributed by atoms with Gasteiger partial charge in [-0.2, -0.15) is 5.26 Å². The van der Waals surface area contributed by atoms with Gasteiger partial charge < -0.3 is 4.74 Å². The molecule has 0 unspecified atom stereocenters. The van der Waals surface area contributed by atoms with Gasteiger partial charge in [0, 0.05) is 23.5 Å². The van der Waals surface area contributed by atoms with E-state index >= 15 is 0 Å². The quantitative estimate of drug-likeness (QED) is 0.787. The van der Waals surface area contributed by atoms with Crippen molar-refractivity contribution in [3.63, 3.8) is 0 Å². The monoisotopic (exact) mass is 224 g/mol. The van der Waals surface area contributed by atoms with Crippen molar-refractivity contribution in [2.24, 2.45) is 0 Å². The van der Waals surface area contributed by atoms with Crippen LogP contribution in [-0.2, 0) is 0 Å². The second-order valence-electron chi connectivity index (χ2n) is 3.78. The van der Waals surface area contributed by atoms with Gasteiger partial charge in [0.25, 0.3) is 0 Å². The predicted molar refractivity (Wildman–Crippen MR) is 65.7 cm³/mol. The Morgan fingerprint density at radius 3 is 2.76 bits per heavy atom. The predicted octanol–water partition coefficient (Wildman–Crippen LogP) is 2.94. The minimum absolute atomic E-state index is 0.547. The molecule has 1 heterocycles. The van der Waals surface area contributed by atoms with Crippen LogP contribution in [0.1, 0.15) is 11.1 Å². The van der Waals surface area contributed by atoms with Crippen molar-refractivity contribution >= 4 is 0 Å². The molecule has 3 nitrogen and oxygen atoms in total. The van der Waals surface area contributed by atoms with Gasteiger partial charge in [-0.1, -0.05) is 11.6 Å². The zero-order valence-electron chi connectivity index (χ0n) is 9.77. The second-order valence-corrected chi connectivity index (χ2v) is 3.78. The van der Waals surface area contributed by atoms with Crippen molar-refractivity contribution in [3.8, 4) is 22.9 Å². The molecule has 0 bridgehead atoms. The molecule has 0 atom stereocenters.